The summed E-state index contributed by atoms with van der Waals surface area (Å²) >= 11 is 1.68. The first-order valence-electron chi connectivity index (χ1n) is 6.84. The maximum Gasteiger partial charge on any atom is 0.243 e. The Hall–Kier alpha value is -0.720. The van der Waals surface area contributed by atoms with Gasteiger partial charge in [0.2, 0.25) is 10.0 Å². The van der Waals surface area contributed by atoms with Crippen molar-refractivity contribution < 1.29 is 8.42 Å². The van der Waals surface area contributed by atoms with Crippen LogP contribution in [0.15, 0.2) is 23.1 Å². The normalized spacial score (nSPS) is 16.0. The van der Waals surface area contributed by atoms with Crippen LogP contribution in [0.2, 0.25) is 0 Å². The molecule has 0 saturated carbocycles. The molecule has 0 aliphatic carbocycles. The average molecular weight is 314 g/mol. The van der Waals surface area contributed by atoms with Crippen LogP contribution in [-0.4, -0.2) is 44.4 Å². The Morgan fingerprint density at radius 2 is 2.20 bits per heavy atom. The summed E-state index contributed by atoms with van der Waals surface area (Å²) in [6, 6.07) is 5.43. The number of rotatable bonds is 6. The largest absolute Gasteiger partial charge is 0.384 e. The lowest BCUT2D eigenvalue weighted by Crippen LogP contribution is -2.38. The first-order valence-corrected chi connectivity index (χ1v) is 9.68. The molecule has 1 aromatic rings. The molecular formula is C14H22N2O2S2. The van der Waals surface area contributed by atoms with Crippen LogP contribution in [0.5, 0.6) is 0 Å². The highest BCUT2D eigenvalue weighted by Crippen LogP contribution is 2.27. The fourth-order valence-electron chi connectivity index (χ4n) is 2.48. The summed E-state index contributed by atoms with van der Waals surface area (Å²) in [5, 5.41) is 3.25. The Bertz CT molecular complexity index is 573. The van der Waals surface area contributed by atoms with Gasteiger partial charge in [-0.15, -0.1) is 0 Å². The monoisotopic (exact) mass is 314 g/mol. The van der Waals surface area contributed by atoms with E-state index < -0.39 is 10.0 Å². The van der Waals surface area contributed by atoms with Gasteiger partial charge in [-0.2, -0.15) is 16.1 Å². The first-order chi connectivity index (χ1) is 9.50. The summed E-state index contributed by atoms with van der Waals surface area (Å²) in [5.41, 5.74) is 2.15. The average Bonchev–Trinajstić information content (AvgIpc) is 2.91. The number of anilines is 1. The van der Waals surface area contributed by atoms with E-state index in [9.17, 15) is 8.42 Å². The van der Waals surface area contributed by atoms with E-state index in [-0.39, 0.29) is 6.04 Å². The van der Waals surface area contributed by atoms with Crippen molar-refractivity contribution in [1.82, 2.24) is 4.31 Å². The zero-order chi connectivity index (χ0) is 14.8. The third kappa shape index (κ3) is 2.97. The van der Waals surface area contributed by atoms with Gasteiger partial charge in [0.25, 0.3) is 0 Å². The van der Waals surface area contributed by atoms with E-state index in [4.69, 9.17) is 0 Å². The third-order valence-corrected chi connectivity index (χ3v) is 6.43. The van der Waals surface area contributed by atoms with E-state index in [0.29, 0.717) is 4.90 Å². The fourth-order valence-corrected chi connectivity index (χ4v) is 4.89. The third-order valence-electron chi connectivity index (χ3n) is 3.81. The van der Waals surface area contributed by atoms with E-state index in [0.717, 1.165) is 36.4 Å². The van der Waals surface area contributed by atoms with Crippen molar-refractivity contribution in [2.75, 3.05) is 30.9 Å². The number of fused-ring (bicyclic) bond motifs is 1. The molecule has 1 aliphatic rings. The number of benzene rings is 1. The maximum atomic E-state index is 12.7. The van der Waals surface area contributed by atoms with Crippen LogP contribution in [0.4, 0.5) is 5.69 Å². The molecule has 0 radical (unpaired) electrons. The predicted octanol–water partition coefficient (Wildman–Crippen LogP) is 2.42. The molecule has 0 saturated heterocycles. The number of hydrogen-bond acceptors (Lipinski definition) is 4. The summed E-state index contributed by atoms with van der Waals surface area (Å²) in [6.45, 7) is 2.91. The maximum absolute atomic E-state index is 12.7. The second-order valence-corrected chi connectivity index (χ2v) is 7.94. The van der Waals surface area contributed by atoms with Gasteiger partial charge >= 0.3 is 0 Å². The van der Waals surface area contributed by atoms with Crippen molar-refractivity contribution in [3.63, 3.8) is 0 Å². The van der Waals surface area contributed by atoms with E-state index in [1.807, 2.05) is 25.3 Å². The van der Waals surface area contributed by atoms with Crippen LogP contribution in [-0.2, 0) is 16.4 Å². The first kappa shape index (κ1) is 15.7. The minimum absolute atomic E-state index is 0.0429. The quantitative estimate of drug-likeness (QED) is 0.876. The molecule has 0 aromatic heterocycles. The molecule has 0 amide bonds. The van der Waals surface area contributed by atoms with Gasteiger partial charge in [0.05, 0.1) is 4.90 Å². The highest BCUT2D eigenvalue weighted by atomic mass is 32.2. The SMILES string of the molecule is CCC(CSC)N(C)S(=O)(=O)c1ccc2c(c1)CCN2. The van der Waals surface area contributed by atoms with Gasteiger partial charge in [-0.25, -0.2) is 8.42 Å². The fraction of sp³-hybridized carbons (Fsp3) is 0.571. The summed E-state index contributed by atoms with van der Waals surface area (Å²) in [5.74, 6) is 0.818. The Kier molecular flexibility index (Phi) is 4.99. The highest BCUT2D eigenvalue weighted by molar-refractivity contribution is 7.98. The van der Waals surface area contributed by atoms with Crippen LogP contribution >= 0.6 is 11.8 Å². The molecular weight excluding hydrogens is 292 g/mol. The zero-order valence-corrected chi connectivity index (χ0v) is 13.9. The van der Waals surface area contributed by atoms with Crippen LogP contribution < -0.4 is 5.32 Å². The smallest absolute Gasteiger partial charge is 0.243 e. The van der Waals surface area contributed by atoms with Gasteiger partial charge in [-0.05, 0) is 42.9 Å². The van der Waals surface area contributed by atoms with Gasteiger partial charge in [-0.1, -0.05) is 6.92 Å². The summed E-state index contributed by atoms with van der Waals surface area (Å²) < 4.78 is 26.9. The molecule has 6 heteroatoms. The van der Waals surface area contributed by atoms with Crippen LogP contribution in [0.1, 0.15) is 18.9 Å². The lowest BCUT2D eigenvalue weighted by molar-refractivity contribution is 0.385. The van der Waals surface area contributed by atoms with Gasteiger partial charge in [-0.3, -0.25) is 0 Å². The number of thioether (sulfide) groups is 1. The van der Waals surface area contributed by atoms with E-state index in [1.165, 1.54) is 4.31 Å². The minimum Gasteiger partial charge on any atom is -0.384 e. The molecule has 0 fully saturated rings. The summed E-state index contributed by atoms with van der Waals surface area (Å²) in [4.78, 5) is 0.405. The zero-order valence-electron chi connectivity index (χ0n) is 12.2. The van der Waals surface area contributed by atoms with Gasteiger partial charge in [0.15, 0.2) is 0 Å². The van der Waals surface area contributed by atoms with Crippen molar-refractivity contribution in [1.29, 1.82) is 0 Å². The van der Waals surface area contributed by atoms with Crippen LogP contribution in [0, 0.1) is 0 Å². The summed E-state index contributed by atoms with van der Waals surface area (Å²) in [6.07, 6.45) is 3.72. The molecule has 1 N–H and O–H groups in total. The molecule has 1 heterocycles. The van der Waals surface area contributed by atoms with Gasteiger partial charge in [0.1, 0.15) is 0 Å². The van der Waals surface area contributed by atoms with E-state index in [2.05, 4.69) is 5.32 Å². The highest BCUT2D eigenvalue weighted by Gasteiger charge is 2.27. The van der Waals surface area contributed by atoms with Gasteiger partial charge in [0, 0.05) is 31.1 Å². The second-order valence-electron chi connectivity index (χ2n) is 5.03. The molecule has 1 atom stereocenters. The standard InChI is InChI=1S/C14H22N2O2S2/c1-4-12(10-19-3)16(2)20(17,18)13-5-6-14-11(9-13)7-8-15-14/h5-6,9,12,15H,4,7-8,10H2,1-3H3. The number of nitrogens with one attached hydrogen (secondary N) is 1. The van der Waals surface area contributed by atoms with E-state index in [1.54, 1.807) is 24.9 Å². The topological polar surface area (TPSA) is 49.4 Å². The molecule has 0 bridgehead atoms. The van der Waals surface area contributed by atoms with Crippen molar-refractivity contribution in [3.05, 3.63) is 23.8 Å². The summed E-state index contributed by atoms with van der Waals surface area (Å²) in [7, 11) is -1.72. The second kappa shape index (κ2) is 6.37. The molecule has 4 nitrogen and oxygen atoms in total. The molecule has 1 unspecified atom stereocenters. The van der Waals surface area contributed by atoms with Crippen molar-refractivity contribution in [3.8, 4) is 0 Å². The van der Waals surface area contributed by atoms with E-state index >= 15 is 0 Å². The Morgan fingerprint density at radius 1 is 1.45 bits per heavy atom. The lowest BCUT2D eigenvalue weighted by atomic mass is 10.2. The number of sulfonamides is 1. The number of hydrogen-bond donors (Lipinski definition) is 1. The van der Waals surface area contributed by atoms with Crippen molar-refractivity contribution >= 4 is 27.5 Å². The van der Waals surface area contributed by atoms with Crippen molar-refractivity contribution in [2.24, 2.45) is 0 Å². The predicted molar refractivity (Wildman–Crippen MR) is 86.0 cm³/mol. The molecule has 1 aromatic carbocycles. The molecule has 20 heavy (non-hydrogen) atoms. The number of nitrogens with zero attached hydrogens (tertiary/aromatic N) is 1. The Balaban J connectivity index is 2.29. The lowest BCUT2D eigenvalue weighted by Gasteiger charge is -2.26. The minimum atomic E-state index is -3.40. The molecule has 2 rings (SSSR count). The van der Waals surface area contributed by atoms with Crippen molar-refractivity contribution in [2.45, 2.75) is 30.7 Å². The molecule has 112 valence electrons. The Labute approximate surface area is 126 Å². The van der Waals surface area contributed by atoms with Gasteiger partial charge < -0.3 is 5.32 Å². The Morgan fingerprint density at radius 3 is 2.85 bits per heavy atom. The van der Waals surface area contributed by atoms with Crippen LogP contribution in [0.3, 0.4) is 0 Å². The van der Waals surface area contributed by atoms with Crippen LogP contribution in [0.25, 0.3) is 0 Å². The molecule has 1 aliphatic heterocycles. The molecule has 0 spiro atoms.